The zero-order chi connectivity index (χ0) is 17.9. The molecular formula is C19H20N2O2S2. The van der Waals surface area contributed by atoms with E-state index in [9.17, 15) is 8.42 Å². The first kappa shape index (κ1) is 18.0. The van der Waals surface area contributed by atoms with E-state index >= 15 is 0 Å². The molecule has 6 heteroatoms. The van der Waals surface area contributed by atoms with Crippen LogP contribution in [0.1, 0.15) is 28.4 Å². The van der Waals surface area contributed by atoms with Gasteiger partial charge in [-0.25, -0.2) is 8.42 Å². The van der Waals surface area contributed by atoms with Crippen LogP contribution in [0.15, 0.2) is 53.4 Å². The molecule has 1 saturated heterocycles. The Labute approximate surface area is 153 Å². The van der Waals surface area contributed by atoms with Crippen molar-refractivity contribution in [2.75, 3.05) is 18.8 Å². The molecule has 0 bridgehead atoms. The molecule has 1 aliphatic rings. The van der Waals surface area contributed by atoms with Crippen LogP contribution in [0.25, 0.3) is 0 Å². The zero-order valence-electron chi connectivity index (χ0n) is 14.1. The molecule has 0 aliphatic carbocycles. The van der Waals surface area contributed by atoms with E-state index in [0.717, 1.165) is 12.2 Å². The fourth-order valence-electron chi connectivity index (χ4n) is 3.04. The number of hydrogen-bond donors (Lipinski definition) is 0. The second-order valence-corrected chi connectivity index (χ2v) is 9.29. The van der Waals surface area contributed by atoms with Crippen molar-refractivity contribution in [1.29, 1.82) is 5.26 Å². The summed E-state index contributed by atoms with van der Waals surface area (Å²) < 4.78 is 27.3. The van der Waals surface area contributed by atoms with Gasteiger partial charge in [-0.15, -0.1) is 0 Å². The van der Waals surface area contributed by atoms with Crippen molar-refractivity contribution in [1.82, 2.24) is 4.31 Å². The van der Waals surface area contributed by atoms with Crippen molar-refractivity contribution in [3.05, 3.63) is 65.2 Å². The van der Waals surface area contributed by atoms with Gasteiger partial charge in [0.2, 0.25) is 10.0 Å². The van der Waals surface area contributed by atoms with Gasteiger partial charge in [-0.05, 0) is 48.7 Å². The van der Waals surface area contributed by atoms with Crippen LogP contribution in [0.3, 0.4) is 0 Å². The Morgan fingerprint density at radius 2 is 1.84 bits per heavy atom. The van der Waals surface area contributed by atoms with E-state index < -0.39 is 10.0 Å². The summed E-state index contributed by atoms with van der Waals surface area (Å²) >= 11 is 1.82. The summed E-state index contributed by atoms with van der Waals surface area (Å²) in [6, 6.07) is 16.5. The van der Waals surface area contributed by atoms with E-state index in [-0.39, 0.29) is 4.90 Å². The van der Waals surface area contributed by atoms with Crippen LogP contribution >= 0.6 is 11.8 Å². The van der Waals surface area contributed by atoms with Gasteiger partial charge in [0.05, 0.1) is 16.5 Å². The largest absolute Gasteiger partial charge is 0.243 e. The third-order valence-electron chi connectivity index (χ3n) is 4.46. The number of benzene rings is 2. The number of thioether (sulfide) groups is 1. The lowest BCUT2D eigenvalue weighted by Crippen LogP contribution is -2.33. The molecule has 0 N–H and O–H groups in total. The second kappa shape index (κ2) is 7.61. The Morgan fingerprint density at radius 3 is 2.52 bits per heavy atom. The second-order valence-electron chi connectivity index (χ2n) is 6.04. The number of sulfonamides is 1. The Morgan fingerprint density at radius 1 is 1.12 bits per heavy atom. The molecule has 25 heavy (non-hydrogen) atoms. The summed E-state index contributed by atoms with van der Waals surface area (Å²) in [7, 11) is -3.52. The lowest BCUT2D eigenvalue weighted by molar-refractivity contribution is 0.428. The highest BCUT2D eigenvalue weighted by atomic mass is 32.2. The van der Waals surface area contributed by atoms with Crippen LogP contribution in [0, 0.1) is 18.3 Å². The van der Waals surface area contributed by atoms with E-state index in [1.807, 2.05) is 30.0 Å². The Balaban J connectivity index is 1.78. The third kappa shape index (κ3) is 3.90. The van der Waals surface area contributed by atoms with Crippen LogP contribution in [0.5, 0.6) is 0 Å². The molecule has 1 heterocycles. The van der Waals surface area contributed by atoms with Gasteiger partial charge in [-0.1, -0.05) is 24.3 Å². The number of rotatable bonds is 3. The fourth-order valence-corrected chi connectivity index (χ4v) is 5.93. The lowest BCUT2D eigenvalue weighted by atomic mass is 10.0. The molecule has 4 nitrogen and oxygen atoms in total. The molecule has 0 unspecified atom stereocenters. The Kier molecular flexibility index (Phi) is 5.48. The van der Waals surface area contributed by atoms with E-state index in [1.165, 1.54) is 23.3 Å². The van der Waals surface area contributed by atoms with Crippen LogP contribution < -0.4 is 0 Å². The SMILES string of the molecule is Cc1ccccc1[C@@H]1CCN(S(=O)(=O)c2ccc(C#N)cc2)CCS1. The normalized spacial score (nSPS) is 19.1. The molecule has 0 spiro atoms. The predicted octanol–water partition coefficient (Wildman–Crippen LogP) is 3.74. The summed E-state index contributed by atoms with van der Waals surface area (Å²) in [4.78, 5) is 0.255. The number of aryl methyl sites for hydroxylation is 1. The summed E-state index contributed by atoms with van der Waals surface area (Å²) in [5.41, 5.74) is 3.01. The fraction of sp³-hybridized carbons (Fsp3) is 0.316. The zero-order valence-corrected chi connectivity index (χ0v) is 15.7. The molecule has 130 valence electrons. The Bertz CT molecular complexity index is 886. The summed E-state index contributed by atoms with van der Waals surface area (Å²) in [6.45, 7) is 3.12. The average Bonchev–Trinajstić information content (AvgIpc) is 2.89. The highest BCUT2D eigenvalue weighted by Crippen LogP contribution is 2.36. The summed E-state index contributed by atoms with van der Waals surface area (Å²) in [5.74, 6) is 0.772. The van der Waals surface area contributed by atoms with Gasteiger partial charge in [-0.3, -0.25) is 0 Å². The molecule has 1 aliphatic heterocycles. The predicted molar refractivity (Wildman–Crippen MR) is 101 cm³/mol. The van der Waals surface area contributed by atoms with Crippen molar-refractivity contribution in [2.24, 2.45) is 0 Å². The van der Waals surface area contributed by atoms with Gasteiger partial charge in [0.1, 0.15) is 0 Å². The third-order valence-corrected chi connectivity index (χ3v) is 7.68. The maximum atomic E-state index is 12.9. The average molecular weight is 373 g/mol. The molecule has 2 aromatic rings. The first-order chi connectivity index (χ1) is 12.0. The number of nitriles is 1. The molecular weight excluding hydrogens is 352 g/mol. The van der Waals surface area contributed by atoms with Crippen molar-refractivity contribution in [3.63, 3.8) is 0 Å². The van der Waals surface area contributed by atoms with Gasteiger partial charge in [0.25, 0.3) is 0 Å². The number of hydrogen-bond acceptors (Lipinski definition) is 4. The quantitative estimate of drug-likeness (QED) is 0.823. The molecule has 2 aromatic carbocycles. The molecule has 0 aromatic heterocycles. The minimum Gasteiger partial charge on any atom is -0.207 e. The van der Waals surface area contributed by atoms with E-state index in [4.69, 9.17) is 5.26 Å². The number of nitrogens with zero attached hydrogens (tertiary/aromatic N) is 2. The lowest BCUT2D eigenvalue weighted by Gasteiger charge is -2.20. The summed E-state index contributed by atoms with van der Waals surface area (Å²) in [6.07, 6.45) is 0.797. The maximum Gasteiger partial charge on any atom is 0.243 e. The van der Waals surface area contributed by atoms with E-state index in [1.54, 1.807) is 16.4 Å². The molecule has 1 atom stereocenters. The van der Waals surface area contributed by atoms with Crippen molar-refractivity contribution in [2.45, 2.75) is 23.5 Å². The molecule has 1 fully saturated rings. The van der Waals surface area contributed by atoms with Crippen molar-refractivity contribution >= 4 is 21.8 Å². The highest BCUT2D eigenvalue weighted by Gasteiger charge is 2.28. The van der Waals surface area contributed by atoms with Crippen molar-refractivity contribution in [3.8, 4) is 6.07 Å². The Hall–Kier alpha value is -1.81. The van der Waals surface area contributed by atoms with Gasteiger partial charge in [0.15, 0.2) is 0 Å². The highest BCUT2D eigenvalue weighted by molar-refractivity contribution is 7.99. The van der Waals surface area contributed by atoms with Gasteiger partial charge in [-0.2, -0.15) is 21.3 Å². The minimum absolute atomic E-state index is 0.255. The van der Waals surface area contributed by atoms with E-state index in [0.29, 0.717) is 23.9 Å². The van der Waals surface area contributed by atoms with Gasteiger partial charge >= 0.3 is 0 Å². The first-order valence-corrected chi connectivity index (χ1v) is 10.7. The molecule has 0 saturated carbocycles. The first-order valence-electron chi connectivity index (χ1n) is 8.20. The monoisotopic (exact) mass is 372 g/mol. The molecule has 0 amide bonds. The maximum absolute atomic E-state index is 12.9. The summed E-state index contributed by atoms with van der Waals surface area (Å²) in [5, 5.41) is 9.19. The van der Waals surface area contributed by atoms with Crippen LogP contribution in [0.4, 0.5) is 0 Å². The molecule has 3 rings (SSSR count). The van der Waals surface area contributed by atoms with Crippen molar-refractivity contribution < 1.29 is 8.42 Å². The standard InChI is InChI=1S/C19H20N2O2S2/c1-15-4-2-3-5-18(15)19-10-11-21(12-13-24-19)25(22,23)17-8-6-16(14-20)7-9-17/h2-9,19H,10-13H2,1H3/t19-/m0/s1. The topological polar surface area (TPSA) is 61.2 Å². The van der Waals surface area contributed by atoms with Crippen LogP contribution in [-0.4, -0.2) is 31.6 Å². The van der Waals surface area contributed by atoms with Gasteiger partial charge in [0, 0.05) is 24.1 Å². The minimum atomic E-state index is -3.52. The molecule has 0 radical (unpaired) electrons. The van der Waals surface area contributed by atoms with Crippen LogP contribution in [-0.2, 0) is 10.0 Å². The van der Waals surface area contributed by atoms with E-state index in [2.05, 4.69) is 19.1 Å². The van der Waals surface area contributed by atoms with Crippen LogP contribution in [0.2, 0.25) is 0 Å². The smallest absolute Gasteiger partial charge is 0.207 e. The van der Waals surface area contributed by atoms with Gasteiger partial charge < -0.3 is 0 Å².